The summed E-state index contributed by atoms with van der Waals surface area (Å²) in [6.07, 6.45) is 0. The molecule has 2 aromatic carbocycles. The summed E-state index contributed by atoms with van der Waals surface area (Å²) < 4.78 is 6.50. The van der Waals surface area contributed by atoms with Crippen LogP contribution in [0.3, 0.4) is 0 Å². The summed E-state index contributed by atoms with van der Waals surface area (Å²) in [5, 5.41) is 3.09. The fourth-order valence-corrected chi connectivity index (χ4v) is 3.02. The van der Waals surface area contributed by atoms with Crippen molar-refractivity contribution < 1.29 is 9.53 Å². The average Bonchev–Trinajstić information content (AvgIpc) is 2.58. The maximum atomic E-state index is 12.3. The van der Waals surface area contributed by atoms with Gasteiger partial charge in [-0.3, -0.25) is 4.79 Å². The molecule has 3 nitrogen and oxygen atoms in total. The summed E-state index contributed by atoms with van der Waals surface area (Å²) in [4.78, 5) is 12.3. The molecule has 0 bridgehead atoms. The van der Waals surface area contributed by atoms with Gasteiger partial charge in [0.05, 0.1) is 6.04 Å². The fraction of sp³-hybridized carbons (Fsp3) is 0.381. The topological polar surface area (TPSA) is 38.3 Å². The number of carbonyl (C=O) groups excluding carboxylic acids is 1. The second kappa shape index (κ2) is 9.04. The highest BCUT2D eigenvalue weighted by atomic mass is 79.9. The van der Waals surface area contributed by atoms with E-state index in [1.165, 1.54) is 5.56 Å². The molecule has 0 unspecified atom stereocenters. The Morgan fingerprint density at radius 1 is 1.04 bits per heavy atom. The van der Waals surface area contributed by atoms with Crippen molar-refractivity contribution in [1.29, 1.82) is 0 Å². The maximum absolute atomic E-state index is 12.3. The molecule has 1 N–H and O–H groups in total. The van der Waals surface area contributed by atoms with E-state index in [1.807, 2.05) is 24.3 Å². The van der Waals surface area contributed by atoms with Crippen LogP contribution >= 0.6 is 15.9 Å². The molecule has 1 amide bonds. The predicted molar refractivity (Wildman–Crippen MR) is 106 cm³/mol. The van der Waals surface area contributed by atoms with E-state index in [0.29, 0.717) is 17.6 Å². The molecule has 1 atom stereocenters. The number of nitrogens with one attached hydrogen (secondary N) is 1. The molecule has 0 heterocycles. The van der Waals surface area contributed by atoms with E-state index in [2.05, 4.69) is 73.2 Å². The van der Waals surface area contributed by atoms with Crippen LogP contribution in [0.25, 0.3) is 0 Å². The van der Waals surface area contributed by atoms with Crippen molar-refractivity contribution in [1.82, 2.24) is 5.32 Å². The number of amides is 1. The third-order valence-electron chi connectivity index (χ3n) is 4.11. The third kappa shape index (κ3) is 5.89. The van der Waals surface area contributed by atoms with Gasteiger partial charge in [-0.2, -0.15) is 0 Å². The molecule has 0 aliphatic heterocycles. The molecule has 0 spiro atoms. The lowest BCUT2D eigenvalue weighted by Crippen LogP contribution is -2.35. The third-order valence-corrected chi connectivity index (χ3v) is 4.60. The molecule has 0 saturated heterocycles. The Balaban J connectivity index is 1.99. The van der Waals surface area contributed by atoms with E-state index in [0.717, 1.165) is 10.0 Å². The number of hydrogen-bond donors (Lipinski definition) is 1. The zero-order valence-electron chi connectivity index (χ0n) is 15.3. The molecule has 0 fully saturated rings. The lowest BCUT2D eigenvalue weighted by Gasteiger charge is -2.23. The summed E-state index contributed by atoms with van der Waals surface area (Å²) in [6.45, 7) is 8.57. The van der Waals surface area contributed by atoms with E-state index >= 15 is 0 Å². The Hall–Kier alpha value is -1.81. The van der Waals surface area contributed by atoms with Gasteiger partial charge in [0, 0.05) is 4.47 Å². The zero-order valence-corrected chi connectivity index (χ0v) is 16.8. The van der Waals surface area contributed by atoms with Crippen molar-refractivity contribution in [2.45, 2.75) is 39.7 Å². The molecule has 4 heteroatoms. The Morgan fingerprint density at radius 3 is 2.24 bits per heavy atom. The summed E-state index contributed by atoms with van der Waals surface area (Å²) >= 11 is 3.39. The van der Waals surface area contributed by atoms with Gasteiger partial charge in [0.15, 0.2) is 6.61 Å². The van der Waals surface area contributed by atoms with Crippen molar-refractivity contribution >= 4 is 21.8 Å². The van der Waals surface area contributed by atoms with Gasteiger partial charge < -0.3 is 10.1 Å². The fourth-order valence-electron chi connectivity index (χ4n) is 2.64. The van der Waals surface area contributed by atoms with Crippen LogP contribution < -0.4 is 10.1 Å². The Kier molecular flexibility index (Phi) is 7.06. The largest absolute Gasteiger partial charge is 0.484 e. The first-order chi connectivity index (χ1) is 11.9. The molecule has 0 aliphatic carbocycles. The Morgan fingerprint density at radius 2 is 1.68 bits per heavy atom. The smallest absolute Gasteiger partial charge is 0.258 e. The van der Waals surface area contributed by atoms with Gasteiger partial charge in [0.2, 0.25) is 0 Å². The highest BCUT2D eigenvalue weighted by Gasteiger charge is 2.18. The summed E-state index contributed by atoms with van der Waals surface area (Å²) in [5.74, 6) is 1.35. The van der Waals surface area contributed by atoms with Crippen LogP contribution in [-0.4, -0.2) is 12.5 Å². The highest BCUT2D eigenvalue weighted by molar-refractivity contribution is 9.10. The van der Waals surface area contributed by atoms with Crippen LogP contribution in [-0.2, 0) is 4.79 Å². The molecule has 0 aromatic heterocycles. The summed E-state index contributed by atoms with van der Waals surface area (Å²) in [6, 6.07) is 15.9. The molecule has 0 radical (unpaired) electrons. The first kappa shape index (κ1) is 19.5. The normalized spacial score (nSPS) is 12.3. The van der Waals surface area contributed by atoms with E-state index in [1.54, 1.807) is 0 Å². The summed E-state index contributed by atoms with van der Waals surface area (Å²) in [7, 11) is 0. The van der Waals surface area contributed by atoms with Crippen LogP contribution in [0.5, 0.6) is 5.75 Å². The van der Waals surface area contributed by atoms with E-state index in [9.17, 15) is 4.79 Å². The average molecular weight is 404 g/mol. The van der Waals surface area contributed by atoms with Crippen LogP contribution in [0.1, 0.15) is 50.8 Å². The number of carbonyl (C=O) groups is 1. The quantitative estimate of drug-likeness (QED) is 0.665. The van der Waals surface area contributed by atoms with Crippen LogP contribution in [0.2, 0.25) is 0 Å². The first-order valence-corrected chi connectivity index (χ1v) is 9.43. The second-order valence-corrected chi connectivity index (χ2v) is 7.77. The SMILES string of the molecule is CC(C)c1ccc([C@@H](NC(=O)COc2cccc(Br)c2)C(C)C)cc1. The zero-order chi connectivity index (χ0) is 18.4. The number of benzene rings is 2. The minimum atomic E-state index is -0.119. The van der Waals surface area contributed by atoms with E-state index in [4.69, 9.17) is 4.74 Å². The summed E-state index contributed by atoms with van der Waals surface area (Å²) in [5.41, 5.74) is 2.42. The van der Waals surface area contributed by atoms with Crippen molar-refractivity contribution in [3.8, 4) is 5.75 Å². The number of rotatable bonds is 7. The van der Waals surface area contributed by atoms with E-state index in [-0.39, 0.29) is 18.6 Å². The van der Waals surface area contributed by atoms with Gasteiger partial charge in [-0.1, -0.05) is 74.0 Å². The number of halogens is 1. The molecule has 134 valence electrons. The number of ether oxygens (including phenoxy) is 1. The molecule has 25 heavy (non-hydrogen) atoms. The Bertz CT molecular complexity index is 695. The van der Waals surface area contributed by atoms with Gasteiger partial charge in [-0.05, 0) is 41.2 Å². The first-order valence-electron chi connectivity index (χ1n) is 8.64. The van der Waals surface area contributed by atoms with Gasteiger partial charge in [-0.15, -0.1) is 0 Å². The van der Waals surface area contributed by atoms with Gasteiger partial charge in [0.1, 0.15) is 5.75 Å². The molecule has 2 aromatic rings. The van der Waals surface area contributed by atoms with Crippen LogP contribution in [0, 0.1) is 5.92 Å². The molecular formula is C21H26BrNO2. The molecule has 0 saturated carbocycles. The molecule has 0 aliphatic rings. The lowest BCUT2D eigenvalue weighted by atomic mass is 9.93. The second-order valence-electron chi connectivity index (χ2n) is 6.86. The van der Waals surface area contributed by atoms with Crippen LogP contribution in [0.15, 0.2) is 53.0 Å². The van der Waals surface area contributed by atoms with Crippen molar-refractivity contribution in [3.63, 3.8) is 0 Å². The highest BCUT2D eigenvalue weighted by Crippen LogP contribution is 2.24. The van der Waals surface area contributed by atoms with Gasteiger partial charge >= 0.3 is 0 Å². The van der Waals surface area contributed by atoms with Crippen molar-refractivity contribution in [3.05, 3.63) is 64.1 Å². The molecular weight excluding hydrogens is 378 g/mol. The minimum absolute atomic E-state index is 0.00372. The monoisotopic (exact) mass is 403 g/mol. The minimum Gasteiger partial charge on any atom is -0.484 e. The van der Waals surface area contributed by atoms with Crippen molar-refractivity contribution in [2.24, 2.45) is 5.92 Å². The standard InChI is InChI=1S/C21H26BrNO2/c1-14(2)16-8-10-17(11-9-16)21(15(3)4)23-20(24)13-25-19-7-5-6-18(22)12-19/h5-12,14-15,21H,13H2,1-4H3,(H,23,24)/t21-/m0/s1. The Labute approximate surface area is 158 Å². The lowest BCUT2D eigenvalue weighted by molar-refractivity contribution is -0.124. The van der Waals surface area contributed by atoms with Crippen LogP contribution in [0.4, 0.5) is 0 Å². The predicted octanol–water partition coefficient (Wildman–Crippen LogP) is 5.46. The van der Waals surface area contributed by atoms with Crippen molar-refractivity contribution in [2.75, 3.05) is 6.61 Å². The number of hydrogen-bond acceptors (Lipinski definition) is 2. The molecule has 2 rings (SSSR count). The van der Waals surface area contributed by atoms with Gasteiger partial charge in [-0.25, -0.2) is 0 Å². The van der Waals surface area contributed by atoms with E-state index < -0.39 is 0 Å². The van der Waals surface area contributed by atoms with Gasteiger partial charge in [0.25, 0.3) is 5.91 Å². The maximum Gasteiger partial charge on any atom is 0.258 e.